The van der Waals surface area contributed by atoms with Gasteiger partial charge in [-0.15, -0.1) is 0 Å². The maximum Gasteiger partial charge on any atom is 0.534 e. The summed E-state index contributed by atoms with van der Waals surface area (Å²) in [6.07, 6.45) is 0. The molecule has 0 fully saturated rings. The van der Waals surface area contributed by atoms with Gasteiger partial charge >= 0.3 is 31.3 Å². The summed E-state index contributed by atoms with van der Waals surface area (Å²) in [5.41, 5.74) is -11.9. The molecule has 0 N–H and O–H groups in total. The van der Waals surface area contributed by atoms with Crippen molar-refractivity contribution in [3.63, 3.8) is 0 Å². The second-order valence-corrected chi connectivity index (χ2v) is 9.46. The van der Waals surface area contributed by atoms with Gasteiger partial charge in [0.25, 0.3) is 0 Å². The van der Waals surface area contributed by atoms with Crippen molar-refractivity contribution in [3.8, 4) is 11.5 Å². The van der Waals surface area contributed by atoms with Crippen molar-refractivity contribution in [1.82, 2.24) is 0 Å². The zero-order valence-electron chi connectivity index (χ0n) is 12.6. The molecule has 0 heterocycles. The number of hydrogen-bond acceptors (Lipinski definition) is 6. The summed E-state index contributed by atoms with van der Waals surface area (Å²) in [6.45, 7) is 0. The van der Waals surface area contributed by atoms with Gasteiger partial charge in [-0.05, 0) is 31.9 Å². The van der Waals surface area contributed by atoms with Gasteiger partial charge < -0.3 is 8.37 Å². The Bertz CT molecular complexity index is 1140. The van der Waals surface area contributed by atoms with Crippen LogP contribution in [0.1, 0.15) is 0 Å². The summed E-state index contributed by atoms with van der Waals surface area (Å²) in [5, 5.41) is -0.490. The summed E-state index contributed by atoms with van der Waals surface area (Å²) in [5.74, 6) is -2.86. The van der Waals surface area contributed by atoms with Crippen LogP contribution in [-0.4, -0.2) is 27.9 Å². The van der Waals surface area contributed by atoms with E-state index in [0.717, 1.165) is 6.07 Å². The number of hydrogen-bond donors (Lipinski definition) is 0. The van der Waals surface area contributed by atoms with Crippen LogP contribution in [0.15, 0.2) is 33.2 Å². The quantitative estimate of drug-likeness (QED) is 0.292. The first-order valence-corrected chi connectivity index (χ1v) is 10.8. The summed E-state index contributed by atoms with van der Waals surface area (Å²) >= 11 is 5.58. The first-order valence-electron chi connectivity index (χ1n) is 6.41. The lowest BCUT2D eigenvalue weighted by atomic mass is 10.1. The monoisotopic (exact) mass is 580 g/mol. The van der Waals surface area contributed by atoms with E-state index >= 15 is 0 Å². The van der Waals surface area contributed by atoms with Gasteiger partial charge in [0.2, 0.25) is 5.75 Å². The third-order valence-corrected chi connectivity index (χ3v) is 6.98. The summed E-state index contributed by atoms with van der Waals surface area (Å²) in [4.78, 5) is 0. The molecule has 0 amide bonds. The minimum atomic E-state index is -6.38. The van der Waals surface area contributed by atoms with Crippen LogP contribution in [0, 0.1) is 0 Å². The highest BCUT2D eigenvalue weighted by atomic mass is 79.9. The molecule has 0 bridgehead atoms. The van der Waals surface area contributed by atoms with Crippen LogP contribution in [0.3, 0.4) is 0 Å². The molecule has 2 aromatic rings. The third-order valence-electron chi connectivity index (χ3n) is 2.96. The Morgan fingerprint density at radius 1 is 0.679 bits per heavy atom. The lowest BCUT2D eigenvalue weighted by Gasteiger charge is -2.18. The lowest BCUT2D eigenvalue weighted by Crippen LogP contribution is -2.30. The highest BCUT2D eigenvalue weighted by molar-refractivity contribution is 9.13. The Morgan fingerprint density at radius 3 is 1.50 bits per heavy atom. The van der Waals surface area contributed by atoms with Gasteiger partial charge in [-0.25, -0.2) is 0 Å². The number of benzene rings is 2. The van der Waals surface area contributed by atoms with Crippen LogP contribution in [0.5, 0.6) is 11.5 Å². The minimum Gasteiger partial charge on any atom is -0.371 e. The first kappa shape index (κ1) is 23.0. The molecular weight excluding hydrogens is 578 g/mol. The van der Waals surface area contributed by atoms with Crippen molar-refractivity contribution >= 4 is 62.9 Å². The molecular formula is C12H4Br2F6O6S2. The molecule has 0 saturated heterocycles. The molecule has 0 spiro atoms. The van der Waals surface area contributed by atoms with Crippen molar-refractivity contribution in [3.05, 3.63) is 33.2 Å². The molecule has 0 aliphatic rings. The van der Waals surface area contributed by atoms with Crippen LogP contribution in [0.2, 0.25) is 0 Å². The predicted octanol–water partition coefficient (Wildman–Crippen LogP) is 4.82. The van der Waals surface area contributed by atoms with E-state index in [2.05, 4.69) is 40.2 Å². The average Bonchev–Trinajstić information content (AvgIpc) is 2.53. The highest BCUT2D eigenvalue weighted by Crippen LogP contribution is 2.49. The van der Waals surface area contributed by atoms with E-state index in [4.69, 9.17) is 0 Å². The molecule has 0 atom stereocenters. The number of halogens is 8. The van der Waals surface area contributed by atoms with Crippen LogP contribution < -0.4 is 8.37 Å². The van der Waals surface area contributed by atoms with Gasteiger partial charge in [-0.2, -0.15) is 43.2 Å². The predicted molar refractivity (Wildman–Crippen MR) is 90.6 cm³/mol. The van der Waals surface area contributed by atoms with E-state index in [0.29, 0.717) is 0 Å². The highest BCUT2D eigenvalue weighted by Gasteiger charge is 2.51. The summed E-state index contributed by atoms with van der Waals surface area (Å²) < 4.78 is 128. The second kappa shape index (κ2) is 7.21. The van der Waals surface area contributed by atoms with Gasteiger partial charge in [0.1, 0.15) is 0 Å². The van der Waals surface area contributed by atoms with Gasteiger partial charge in [-0.1, -0.05) is 24.3 Å². The largest absolute Gasteiger partial charge is 0.534 e. The van der Waals surface area contributed by atoms with Gasteiger partial charge in [0.15, 0.2) is 5.75 Å². The molecule has 2 aromatic carbocycles. The lowest BCUT2D eigenvalue weighted by molar-refractivity contribution is -0.0512. The first-order chi connectivity index (χ1) is 12.5. The van der Waals surface area contributed by atoms with Crippen LogP contribution in [0.4, 0.5) is 26.3 Å². The fourth-order valence-electron chi connectivity index (χ4n) is 1.78. The van der Waals surface area contributed by atoms with Crippen molar-refractivity contribution < 1.29 is 51.5 Å². The smallest absolute Gasteiger partial charge is 0.371 e. The Labute approximate surface area is 169 Å². The molecule has 0 saturated carbocycles. The molecule has 0 aliphatic carbocycles. The molecule has 0 unspecified atom stereocenters. The van der Waals surface area contributed by atoms with E-state index in [1.165, 1.54) is 18.2 Å². The van der Waals surface area contributed by atoms with Crippen LogP contribution in [0.25, 0.3) is 10.8 Å². The molecule has 0 radical (unpaired) electrons. The van der Waals surface area contributed by atoms with E-state index in [1.807, 2.05) is 0 Å². The SMILES string of the molecule is O=S(=O)(Oc1c(Br)c(Br)c2ccccc2c1OS(=O)(=O)C(F)(F)F)C(F)(F)F. The number of alkyl halides is 6. The summed E-state index contributed by atoms with van der Waals surface area (Å²) in [7, 11) is -12.8. The fraction of sp³-hybridized carbons (Fsp3) is 0.167. The van der Waals surface area contributed by atoms with Crippen molar-refractivity contribution in [2.45, 2.75) is 11.0 Å². The van der Waals surface area contributed by atoms with E-state index < -0.39 is 52.6 Å². The van der Waals surface area contributed by atoms with E-state index in [-0.39, 0.29) is 9.86 Å². The van der Waals surface area contributed by atoms with Gasteiger partial charge in [0.05, 0.1) is 4.47 Å². The zero-order chi connectivity index (χ0) is 21.7. The molecule has 28 heavy (non-hydrogen) atoms. The Balaban J connectivity index is 2.88. The Morgan fingerprint density at radius 2 is 1.07 bits per heavy atom. The second-order valence-electron chi connectivity index (χ2n) is 4.80. The molecule has 6 nitrogen and oxygen atoms in total. The van der Waals surface area contributed by atoms with Gasteiger partial charge in [0, 0.05) is 15.2 Å². The standard InChI is InChI=1S/C12H4Br2F6O6S2/c13-7-5-3-1-2-4-6(5)9(25-27(21,22)11(15,16)17)10(8(7)14)26-28(23,24)12(18,19)20/h1-4H. The van der Waals surface area contributed by atoms with E-state index in [1.54, 1.807) is 0 Å². The summed E-state index contributed by atoms with van der Waals surface area (Å²) in [6, 6.07) is 4.80. The number of rotatable bonds is 4. The Hall–Kier alpha value is -1.26. The minimum absolute atomic E-state index is 0.0153. The van der Waals surface area contributed by atoms with Crippen LogP contribution in [-0.2, 0) is 20.2 Å². The van der Waals surface area contributed by atoms with Crippen molar-refractivity contribution in [1.29, 1.82) is 0 Å². The topological polar surface area (TPSA) is 86.7 Å². The van der Waals surface area contributed by atoms with Crippen LogP contribution >= 0.6 is 31.9 Å². The maximum absolute atomic E-state index is 12.7. The van der Waals surface area contributed by atoms with Gasteiger partial charge in [-0.3, -0.25) is 0 Å². The Kier molecular flexibility index (Phi) is 5.93. The fourth-order valence-corrected chi connectivity index (χ4v) is 3.84. The van der Waals surface area contributed by atoms with E-state index in [9.17, 15) is 43.2 Å². The maximum atomic E-state index is 12.7. The normalized spacial score (nSPS) is 13.6. The molecule has 156 valence electrons. The average molecular weight is 582 g/mol. The molecule has 0 aliphatic heterocycles. The molecule has 2 rings (SSSR count). The molecule has 16 heteroatoms. The number of fused-ring (bicyclic) bond motifs is 1. The van der Waals surface area contributed by atoms with Crippen molar-refractivity contribution in [2.75, 3.05) is 0 Å². The zero-order valence-corrected chi connectivity index (χ0v) is 17.4. The van der Waals surface area contributed by atoms with Crippen molar-refractivity contribution in [2.24, 2.45) is 0 Å². The molecule has 0 aromatic heterocycles. The third kappa shape index (κ3) is 4.18.